The standard InChI is InChI=1S/C23H26ClN3O2/c1-4-10-21(28)26(15-5-2)16(3)22-25-19-13-8-6-11-17(19)23(29)27(22)20-14-9-7-12-18(20)24/h6-9,11-14,16H,4-5,10,15H2,1-3H3. The van der Waals surface area contributed by atoms with E-state index in [1.165, 1.54) is 0 Å². The molecule has 0 bridgehead atoms. The van der Waals surface area contributed by atoms with Crippen molar-refractivity contribution in [2.24, 2.45) is 0 Å². The van der Waals surface area contributed by atoms with Gasteiger partial charge in [-0.05, 0) is 44.0 Å². The summed E-state index contributed by atoms with van der Waals surface area (Å²) in [6.07, 6.45) is 2.06. The molecule has 0 aliphatic rings. The van der Waals surface area contributed by atoms with Crippen molar-refractivity contribution in [3.63, 3.8) is 0 Å². The van der Waals surface area contributed by atoms with Gasteiger partial charge >= 0.3 is 0 Å². The summed E-state index contributed by atoms with van der Waals surface area (Å²) in [6.45, 7) is 6.55. The Morgan fingerprint density at radius 1 is 1.10 bits per heavy atom. The molecule has 3 rings (SSSR count). The Hall–Kier alpha value is -2.66. The van der Waals surface area contributed by atoms with Gasteiger partial charge in [-0.1, -0.05) is 49.7 Å². The predicted molar refractivity (Wildman–Crippen MR) is 118 cm³/mol. The van der Waals surface area contributed by atoms with E-state index < -0.39 is 0 Å². The monoisotopic (exact) mass is 411 g/mol. The first-order valence-corrected chi connectivity index (χ1v) is 10.4. The largest absolute Gasteiger partial charge is 0.333 e. The first-order chi connectivity index (χ1) is 14.0. The van der Waals surface area contributed by atoms with Crippen molar-refractivity contribution in [1.29, 1.82) is 0 Å². The fraction of sp³-hybridized carbons (Fsp3) is 0.348. The van der Waals surface area contributed by atoms with Crippen LogP contribution in [0.5, 0.6) is 0 Å². The van der Waals surface area contributed by atoms with E-state index in [4.69, 9.17) is 16.6 Å². The molecule has 5 nitrogen and oxygen atoms in total. The zero-order valence-corrected chi connectivity index (χ0v) is 17.8. The smallest absolute Gasteiger partial charge is 0.266 e. The van der Waals surface area contributed by atoms with Crippen LogP contribution in [0.25, 0.3) is 16.6 Å². The molecule has 0 spiro atoms. The summed E-state index contributed by atoms with van der Waals surface area (Å²) in [5.74, 6) is 0.578. The number of nitrogens with zero attached hydrogens (tertiary/aromatic N) is 3. The third kappa shape index (κ3) is 4.20. The fourth-order valence-corrected chi connectivity index (χ4v) is 3.79. The highest BCUT2D eigenvalue weighted by Crippen LogP contribution is 2.27. The summed E-state index contributed by atoms with van der Waals surface area (Å²) in [7, 11) is 0. The highest BCUT2D eigenvalue weighted by molar-refractivity contribution is 6.32. The highest BCUT2D eigenvalue weighted by Gasteiger charge is 2.26. The first kappa shape index (κ1) is 21.1. The Balaban J connectivity index is 2.28. The maximum atomic E-state index is 13.4. The zero-order chi connectivity index (χ0) is 21.0. The van der Waals surface area contributed by atoms with Gasteiger partial charge in [0.25, 0.3) is 5.56 Å². The van der Waals surface area contributed by atoms with Gasteiger partial charge in [0, 0.05) is 13.0 Å². The quantitative estimate of drug-likeness (QED) is 0.541. The lowest BCUT2D eigenvalue weighted by Crippen LogP contribution is -2.37. The second-order valence-electron chi connectivity index (χ2n) is 7.09. The molecule has 1 aromatic heterocycles. The van der Waals surface area contributed by atoms with Crippen molar-refractivity contribution in [3.8, 4) is 5.69 Å². The fourth-order valence-electron chi connectivity index (χ4n) is 3.57. The van der Waals surface area contributed by atoms with Gasteiger partial charge in [0.2, 0.25) is 5.91 Å². The van der Waals surface area contributed by atoms with Gasteiger partial charge in [-0.25, -0.2) is 4.98 Å². The van der Waals surface area contributed by atoms with E-state index in [1.54, 1.807) is 22.8 Å². The molecule has 1 heterocycles. The van der Waals surface area contributed by atoms with Crippen molar-refractivity contribution >= 4 is 28.4 Å². The van der Waals surface area contributed by atoms with Crippen molar-refractivity contribution < 1.29 is 4.79 Å². The van der Waals surface area contributed by atoms with E-state index in [0.717, 1.165) is 12.8 Å². The molecule has 0 saturated carbocycles. The minimum Gasteiger partial charge on any atom is -0.333 e. The topological polar surface area (TPSA) is 55.2 Å². The summed E-state index contributed by atoms with van der Waals surface area (Å²) < 4.78 is 1.55. The molecule has 29 heavy (non-hydrogen) atoms. The Bertz CT molecular complexity index is 1080. The van der Waals surface area contributed by atoms with Gasteiger partial charge in [0.15, 0.2) is 0 Å². The van der Waals surface area contributed by atoms with E-state index in [-0.39, 0.29) is 17.5 Å². The van der Waals surface area contributed by atoms with Crippen LogP contribution in [0.2, 0.25) is 5.02 Å². The van der Waals surface area contributed by atoms with E-state index in [2.05, 4.69) is 0 Å². The van der Waals surface area contributed by atoms with Crippen LogP contribution >= 0.6 is 11.6 Å². The SMILES string of the molecule is CCCC(=O)N(CCC)C(C)c1nc2ccccc2c(=O)n1-c1ccccc1Cl. The number of aromatic nitrogens is 2. The molecule has 0 aliphatic heterocycles. The van der Waals surface area contributed by atoms with Crippen molar-refractivity contribution in [1.82, 2.24) is 14.5 Å². The van der Waals surface area contributed by atoms with Crippen LogP contribution in [0.1, 0.15) is 51.9 Å². The first-order valence-electron chi connectivity index (χ1n) is 10.1. The van der Waals surface area contributed by atoms with Gasteiger partial charge in [-0.2, -0.15) is 0 Å². The number of fused-ring (bicyclic) bond motifs is 1. The second kappa shape index (κ2) is 9.23. The maximum Gasteiger partial charge on any atom is 0.266 e. The number of carbonyl (C=O) groups is 1. The number of hydrogen-bond acceptors (Lipinski definition) is 3. The minimum atomic E-state index is -0.373. The van der Waals surface area contributed by atoms with Gasteiger partial charge in [0.05, 0.1) is 27.7 Å². The van der Waals surface area contributed by atoms with Crippen LogP contribution < -0.4 is 5.56 Å². The van der Waals surface area contributed by atoms with Crippen LogP contribution in [0.15, 0.2) is 53.3 Å². The lowest BCUT2D eigenvalue weighted by atomic mass is 10.1. The number of halogens is 1. The summed E-state index contributed by atoms with van der Waals surface area (Å²) in [6, 6.07) is 14.1. The Morgan fingerprint density at radius 3 is 2.48 bits per heavy atom. The van der Waals surface area contributed by atoms with Crippen LogP contribution in [-0.4, -0.2) is 26.9 Å². The highest BCUT2D eigenvalue weighted by atomic mass is 35.5. The number of para-hydroxylation sites is 2. The van der Waals surface area contributed by atoms with Crippen LogP contribution in [0.4, 0.5) is 0 Å². The summed E-state index contributed by atoms with van der Waals surface area (Å²) in [4.78, 5) is 32.9. The third-order valence-corrected chi connectivity index (χ3v) is 5.30. The Morgan fingerprint density at radius 2 is 1.79 bits per heavy atom. The lowest BCUT2D eigenvalue weighted by molar-refractivity contribution is -0.133. The molecule has 0 aliphatic carbocycles. The second-order valence-corrected chi connectivity index (χ2v) is 7.50. The van der Waals surface area contributed by atoms with Gasteiger partial charge < -0.3 is 4.90 Å². The Labute approximate surface area is 175 Å². The lowest BCUT2D eigenvalue weighted by Gasteiger charge is -2.30. The third-order valence-electron chi connectivity index (χ3n) is 4.98. The normalized spacial score (nSPS) is 12.1. The van der Waals surface area contributed by atoms with Crippen LogP contribution in [0.3, 0.4) is 0 Å². The molecular weight excluding hydrogens is 386 g/mol. The number of hydrogen-bond donors (Lipinski definition) is 0. The molecule has 6 heteroatoms. The number of carbonyl (C=O) groups excluding carboxylic acids is 1. The zero-order valence-electron chi connectivity index (χ0n) is 17.1. The molecular formula is C23H26ClN3O2. The maximum absolute atomic E-state index is 13.4. The number of rotatable bonds is 7. The molecule has 0 radical (unpaired) electrons. The molecule has 1 atom stereocenters. The van der Waals surface area contributed by atoms with Crippen molar-refractivity contribution in [2.45, 2.75) is 46.1 Å². The molecule has 0 saturated heterocycles. The van der Waals surface area contributed by atoms with E-state index in [0.29, 0.717) is 40.4 Å². The summed E-state index contributed by atoms with van der Waals surface area (Å²) >= 11 is 6.44. The van der Waals surface area contributed by atoms with E-state index in [9.17, 15) is 9.59 Å². The predicted octanol–water partition coefficient (Wildman–Crippen LogP) is 5.14. The van der Waals surface area contributed by atoms with E-state index >= 15 is 0 Å². The molecule has 0 fully saturated rings. The van der Waals surface area contributed by atoms with Crippen molar-refractivity contribution in [2.75, 3.05) is 6.54 Å². The number of amides is 1. The van der Waals surface area contributed by atoms with Gasteiger partial charge in [-0.3, -0.25) is 14.2 Å². The molecule has 0 N–H and O–H groups in total. The molecule has 1 unspecified atom stereocenters. The average molecular weight is 412 g/mol. The summed E-state index contributed by atoms with van der Waals surface area (Å²) in [5.41, 5.74) is 0.991. The average Bonchev–Trinajstić information content (AvgIpc) is 2.72. The van der Waals surface area contributed by atoms with Gasteiger partial charge in [-0.15, -0.1) is 0 Å². The van der Waals surface area contributed by atoms with E-state index in [1.807, 2.05) is 56.0 Å². The molecule has 152 valence electrons. The van der Waals surface area contributed by atoms with Gasteiger partial charge in [0.1, 0.15) is 5.82 Å². The van der Waals surface area contributed by atoms with Crippen molar-refractivity contribution in [3.05, 3.63) is 69.7 Å². The summed E-state index contributed by atoms with van der Waals surface area (Å²) in [5, 5.41) is 0.979. The molecule has 1 amide bonds. The number of benzene rings is 2. The van der Waals surface area contributed by atoms with Crippen LogP contribution in [-0.2, 0) is 4.79 Å². The molecule has 3 aromatic rings. The Kier molecular flexibility index (Phi) is 6.70. The van der Waals surface area contributed by atoms with Crippen LogP contribution in [0, 0.1) is 0 Å². The molecule has 2 aromatic carbocycles. The minimum absolute atomic E-state index is 0.0648.